The molecule has 32 heavy (non-hydrogen) atoms. The third-order valence-corrected chi connectivity index (χ3v) is 6.78. The van der Waals surface area contributed by atoms with Gasteiger partial charge in [0.2, 0.25) is 0 Å². The Labute approximate surface area is 189 Å². The number of rotatable bonds is 5. The van der Waals surface area contributed by atoms with E-state index in [1.165, 1.54) is 5.56 Å². The maximum Gasteiger partial charge on any atom is 0.356 e. The number of carbonyl (C=O) groups is 1. The highest BCUT2D eigenvalue weighted by Gasteiger charge is 2.19. The molecule has 1 N–H and O–H groups in total. The Morgan fingerprint density at radius 2 is 1.94 bits per heavy atom. The van der Waals surface area contributed by atoms with Crippen molar-refractivity contribution in [3.05, 3.63) is 65.0 Å². The van der Waals surface area contributed by atoms with Crippen molar-refractivity contribution in [2.75, 3.05) is 31.2 Å². The van der Waals surface area contributed by atoms with Crippen LogP contribution in [-0.4, -0.2) is 52.1 Å². The van der Waals surface area contributed by atoms with Crippen LogP contribution in [0, 0.1) is 13.8 Å². The molecule has 0 spiro atoms. The summed E-state index contributed by atoms with van der Waals surface area (Å²) in [5.41, 5.74) is 6.31. The van der Waals surface area contributed by atoms with E-state index in [-0.39, 0.29) is 5.69 Å². The molecular formula is C24H24N4O3S. The maximum absolute atomic E-state index is 11.4. The quantitative estimate of drug-likeness (QED) is 0.489. The molecule has 0 aliphatic carbocycles. The van der Waals surface area contributed by atoms with Crippen molar-refractivity contribution in [1.29, 1.82) is 0 Å². The molecule has 0 unspecified atom stereocenters. The average molecular weight is 449 g/mol. The highest BCUT2D eigenvalue weighted by atomic mass is 32.1. The number of aromatic carboxylic acids is 1. The summed E-state index contributed by atoms with van der Waals surface area (Å²) in [6.45, 7) is 7.51. The summed E-state index contributed by atoms with van der Waals surface area (Å²) in [6.07, 6.45) is 0. The first-order valence-corrected chi connectivity index (χ1v) is 11.4. The Hall–Kier alpha value is -3.23. The molecule has 1 fully saturated rings. The predicted molar refractivity (Wildman–Crippen MR) is 126 cm³/mol. The SMILES string of the molecule is Cc1cccc(-c2cc(Cn3nc(C(=O)O)cc3C)c3nc(N4CCOCC4)sc3c2)c1. The van der Waals surface area contributed by atoms with Crippen molar-refractivity contribution in [2.45, 2.75) is 20.4 Å². The fraction of sp³-hybridized carbons (Fsp3) is 0.292. The molecule has 0 atom stereocenters. The molecule has 0 radical (unpaired) electrons. The summed E-state index contributed by atoms with van der Waals surface area (Å²) in [6, 6.07) is 14.4. The molecule has 0 saturated carbocycles. The van der Waals surface area contributed by atoms with Crippen molar-refractivity contribution in [3.63, 3.8) is 0 Å². The number of thiazole rings is 1. The zero-order valence-corrected chi connectivity index (χ0v) is 18.9. The zero-order chi connectivity index (χ0) is 22.2. The molecule has 5 rings (SSSR count). The van der Waals surface area contributed by atoms with Gasteiger partial charge in [0, 0.05) is 24.3 Å². The highest BCUT2D eigenvalue weighted by molar-refractivity contribution is 7.22. The van der Waals surface area contributed by atoms with E-state index in [0.29, 0.717) is 19.8 Å². The minimum Gasteiger partial charge on any atom is -0.476 e. The topological polar surface area (TPSA) is 80.5 Å². The monoisotopic (exact) mass is 448 g/mol. The van der Waals surface area contributed by atoms with E-state index in [1.807, 2.05) is 6.92 Å². The number of aromatic nitrogens is 3. The van der Waals surface area contributed by atoms with Gasteiger partial charge in [0.15, 0.2) is 10.8 Å². The predicted octanol–water partition coefficient (Wildman–Crippen LogP) is 4.36. The van der Waals surface area contributed by atoms with E-state index in [1.54, 1.807) is 22.1 Å². The first-order valence-electron chi connectivity index (χ1n) is 10.6. The Kier molecular flexibility index (Phi) is 5.40. The standard InChI is InChI=1S/C24H24N4O3S/c1-15-4-3-5-17(10-15)18-12-19(14-28-16(2)11-20(26-28)23(29)30)22-21(13-18)32-24(25-22)27-6-8-31-9-7-27/h3-5,10-13H,6-9,14H2,1-2H3,(H,29,30). The van der Waals surface area contributed by atoms with E-state index in [4.69, 9.17) is 9.72 Å². The lowest BCUT2D eigenvalue weighted by atomic mass is 10.0. The lowest BCUT2D eigenvalue weighted by molar-refractivity contribution is 0.0689. The van der Waals surface area contributed by atoms with Crippen LogP contribution in [0.25, 0.3) is 21.3 Å². The van der Waals surface area contributed by atoms with Crippen LogP contribution in [0.3, 0.4) is 0 Å². The number of hydrogen-bond donors (Lipinski definition) is 1. The number of carboxylic acids is 1. The van der Waals surface area contributed by atoms with E-state index in [9.17, 15) is 9.90 Å². The lowest BCUT2D eigenvalue weighted by Gasteiger charge is -2.25. The summed E-state index contributed by atoms with van der Waals surface area (Å²) in [4.78, 5) is 18.6. The first kappa shape index (κ1) is 20.7. The minimum absolute atomic E-state index is 0.0564. The first-order chi connectivity index (χ1) is 15.5. The molecule has 1 saturated heterocycles. The molecule has 0 amide bonds. The summed E-state index contributed by atoms with van der Waals surface area (Å²) >= 11 is 1.69. The maximum atomic E-state index is 11.4. The summed E-state index contributed by atoms with van der Waals surface area (Å²) in [7, 11) is 0. The zero-order valence-electron chi connectivity index (χ0n) is 18.0. The number of benzene rings is 2. The molecule has 3 heterocycles. The van der Waals surface area contributed by atoms with E-state index in [0.717, 1.165) is 50.8 Å². The van der Waals surface area contributed by atoms with Gasteiger partial charge in [0.25, 0.3) is 0 Å². The number of nitrogens with zero attached hydrogens (tertiary/aromatic N) is 4. The smallest absolute Gasteiger partial charge is 0.356 e. The Morgan fingerprint density at radius 1 is 1.12 bits per heavy atom. The van der Waals surface area contributed by atoms with Gasteiger partial charge in [-0.2, -0.15) is 5.10 Å². The second-order valence-corrected chi connectivity index (χ2v) is 9.09. The highest BCUT2D eigenvalue weighted by Crippen LogP contribution is 2.35. The minimum atomic E-state index is -1.02. The molecule has 8 heteroatoms. The van der Waals surface area contributed by atoms with Crippen LogP contribution in [0.1, 0.15) is 27.3 Å². The molecule has 2 aromatic carbocycles. The molecule has 1 aliphatic rings. The summed E-state index contributed by atoms with van der Waals surface area (Å²) in [5.74, 6) is -1.02. The number of carboxylic acid groups (broad SMARTS) is 1. The van der Waals surface area contributed by atoms with E-state index >= 15 is 0 Å². The molecule has 164 valence electrons. The Morgan fingerprint density at radius 3 is 2.66 bits per heavy atom. The van der Waals surface area contributed by atoms with Gasteiger partial charge in [0.05, 0.1) is 30.0 Å². The normalized spacial score (nSPS) is 14.2. The molecule has 0 bridgehead atoms. The average Bonchev–Trinajstić information content (AvgIpc) is 3.38. The second-order valence-electron chi connectivity index (χ2n) is 8.08. The van der Waals surface area contributed by atoms with Crippen molar-refractivity contribution in [2.24, 2.45) is 0 Å². The number of anilines is 1. The summed E-state index contributed by atoms with van der Waals surface area (Å²) < 4.78 is 8.35. The summed E-state index contributed by atoms with van der Waals surface area (Å²) in [5, 5.41) is 14.6. The fourth-order valence-electron chi connectivity index (χ4n) is 4.02. The van der Waals surface area contributed by atoms with Crippen LogP contribution in [0.5, 0.6) is 0 Å². The van der Waals surface area contributed by atoms with Crippen molar-refractivity contribution < 1.29 is 14.6 Å². The molecular weight excluding hydrogens is 424 g/mol. The van der Waals surface area contributed by atoms with Crippen molar-refractivity contribution >= 4 is 32.7 Å². The van der Waals surface area contributed by atoms with E-state index < -0.39 is 5.97 Å². The van der Waals surface area contributed by atoms with Crippen molar-refractivity contribution in [1.82, 2.24) is 14.8 Å². The fourth-order valence-corrected chi connectivity index (χ4v) is 5.13. The van der Waals surface area contributed by atoms with Gasteiger partial charge in [-0.25, -0.2) is 9.78 Å². The number of fused-ring (bicyclic) bond motifs is 1. The number of hydrogen-bond acceptors (Lipinski definition) is 6. The van der Waals surface area contributed by atoms with Gasteiger partial charge in [-0.05, 0) is 43.2 Å². The number of morpholine rings is 1. The van der Waals surface area contributed by atoms with Gasteiger partial charge in [-0.15, -0.1) is 0 Å². The van der Waals surface area contributed by atoms with Gasteiger partial charge in [-0.3, -0.25) is 4.68 Å². The number of ether oxygens (including phenoxy) is 1. The molecule has 7 nitrogen and oxygen atoms in total. The third kappa shape index (κ3) is 3.99. The van der Waals surface area contributed by atoms with Gasteiger partial charge in [0.1, 0.15) is 0 Å². The van der Waals surface area contributed by atoms with Crippen LogP contribution < -0.4 is 4.90 Å². The third-order valence-electron chi connectivity index (χ3n) is 5.72. The van der Waals surface area contributed by atoms with Crippen LogP contribution >= 0.6 is 11.3 Å². The van der Waals surface area contributed by atoms with Crippen LogP contribution in [0.2, 0.25) is 0 Å². The lowest BCUT2D eigenvalue weighted by Crippen LogP contribution is -2.36. The van der Waals surface area contributed by atoms with Gasteiger partial charge >= 0.3 is 5.97 Å². The Balaban J connectivity index is 1.62. The van der Waals surface area contributed by atoms with E-state index in [2.05, 4.69) is 53.3 Å². The van der Waals surface area contributed by atoms with Crippen LogP contribution in [0.4, 0.5) is 5.13 Å². The van der Waals surface area contributed by atoms with Crippen LogP contribution in [-0.2, 0) is 11.3 Å². The second kappa shape index (κ2) is 8.37. The largest absolute Gasteiger partial charge is 0.476 e. The van der Waals surface area contributed by atoms with Crippen molar-refractivity contribution in [3.8, 4) is 11.1 Å². The molecule has 2 aromatic heterocycles. The van der Waals surface area contributed by atoms with Crippen LogP contribution in [0.15, 0.2) is 42.5 Å². The molecule has 1 aliphatic heterocycles. The molecule has 4 aromatic rings. The number of aryl methyl sites for hydroxylation is 2. The Bertz CT molecular complexity index is 1300. The van der Waals surface area contributed by atoms with Gasteiger partial charge < -0.3 is 14.7 Å². The van der Waals surface area contributed by atoms with Gasteiger partial charge in [-0.1, -0.05) is 41.2 Å².